The van der Waals surface area contributed by atoms with Gasteiger partial charge in [-0.3, -0.25) is 0 Å². The molecule has 4 nitrogen and oxygen atoms in total. The van der Waals surface area contributed by atoms with Gasteiger partial charge in [0.05, 0.1) is 13.2 Å². The Morgan fingerprint density at radius 3 is 1.00 bits per heavy atom. The van der Waals surface area contributed by atoms with Crippen molar-refractivity contribution in [2.45, 2.75) is 44.9 Å². The number of rotatable bonds is 2. The van der Waals surface area contributed by atoms with E-state index in [0.717, 1.165) is 27.1 Å². The van der Waals surface area contributed by atoms with Gasteiger partial charge in [-0.2, -0.15) is 0 Å². The van der Waals surface area contributed by atoms with Gasteiger partial charge in [0.15, 0.2) is 0 Å². The van der Waals surface area contributed by atoms with Gasteiger partial charge in [0.2, 0.25) is 0 Å². The lowest BCUT2D eigenvalue weighted by atomic mass is 9.70. The Balaban J connectivity index is 0. The van der Waals surface area contributed by atoms with Crippen LogP contribution in [-0.2, 0) is 0 Å². The summed E-state index contributed by atoms with van der Waals surface area (Å²) in [6.45, 7) is 0.312. The van der Waals surface area contributed by atoms with Crippen LogP contribution < -0.4 is 0 Å². The number of aliphatic hydroxyl groups is 4. The summed E-state index contributed by atoms with van der Waals surface area (Å²) in [5, 5.41) is 31.4. The lowest BCUT2D eigenvalue weighted by Gasteiger charge is -2.38. The maximum Gasteiger partial charge on any atom is 0.0509 e. The van der Waals surface area contributed by atoms with E-state index in [4.69, 9.17) is 20.4 Å². The van der Waals surface area contributed by atoms with Gasteiger partial charge in [0.25, 0.3) is 0 Å². The fourth-order valence-corrected chi connectivity index (χ4v) is 1.29. The normalized spacial score (nSPS) is 19.1. The summed E-state index contributed by atoms with van der Waals surface area (Å²) in [4.78, 5) is 0. The molecular formula is C12H28O4. The van der Waals surface area contributed by atoms with Crippen LogP contribution in [0.25, 0.3) is 0 Å². The van der Waals surface area contributed by atoms with Gasteiger partial charge in [-0.15, -0.1) is 0 Å². The molecule has 0 radical (unpaired) electrons. The zero-order chi connectivity index (χ0) is 12.9. The first-order chi connectivity index (χ1) is 7.83. The maximum absolute atomic E-state index is 8.68. The maximum atomic E-state index is 8.68. The minimum absolute atomic E-state index is 0.0833. The zero-order valence-corrected chi connectivity index (χ0v) is 10.7. The third kappa shape index (κ3) is 7.17. The molecule has 0 aromatic rings. The van der Waals surface area contributed by atoms with E-state index >= 15 is 0 Å². The van der Waals surface area contributed by atoms with E-state index in [1.807, 2.05) is 0 Å². The highest BCUT2D eigenvalue weighted by molar-refractivity contribution is 4.85. The summed E-state index contributed by atoms with van der Waals surface area (Å²) >= 11 is 0. The van der Waals surface area contributed by atoms with Crippen LogP contribution >= 0.6 is 0 Å². The molecule has 0 unspecified atom stereocenters. The average Bonchev–Trinajstić information content (AvgIpc) is 2.22. The number of hydrogen-bond donors (Lipinski definition) is 4. The van der Waals surface area contributed by atoms with Crippen molar-refractivity contribution < 1.29 is 20.4 Å². The van der Waals surface area contributed by atoms with E-state index in [2.05, 4.69) is 0 Å². The van der Waals surface area contributed by atoms with Crippen LogP contribution in [0.15, 0.2) is 0 Å². The van der Waals surface area contributed by atoms with Crippen molar-refractivity contribution in [2.24, 2.45) is 5.41 Å². The molecule has 0 amide bonds. The van der Waals surface area contributed by atoms with E-state index in [1.54, 1.807) is 0 Å². The fraction of sp³-hybridized carbons (Fsp3) is 1.00. The molecule has 0 aromatic carbocycles. The lowest BCUT2D eigenvalue weighted by Crippen LogP contribution is -2.36. The van der Waals surface area contributed by atoms with E-state index in [9.17, 15) is 0 Å². The van der Waals surface area contributed by atoms with E-state index in [-0.39, 0.29) is 18.6 Å². The summed E-state index contributed by atoms with van der Waals surface area (Å²) in [6, 6.07) is 0. The first kappa shape index (κ1) is 18.2. The van der Waals surface area contributed by atoms with Gasteiger partial charge in [-0.1, -0.05) is 32.1 Å². The Labute approximate surface area is 98.9 Å². The molecule has 0 aliphatic heterocycles. The summed E-state index contributed by atoms with van der Waals surface area (Å²) in [7, 11) is 2.00. The van der Waals surface area contributed by atoms with E-state index < -0.39 is 0 Å². The molecule has 2 aliphatic carbocycles. The van der Waals surface area contributed by atoms with Crippen LogP contribution in [0.3, 0.4) is 0 Å². The van der Waals surface area contributed by atoms with Crippen LogP contribution in [0.1, 0.15) is 44.9 Å². The van der Waals surface area contributed by atoms with E-state index in [0.29, 0.717) is 0 Å². The van der Waals surface area contributed by atoms with Crippen LogP contribution in [0.5, 0.6) is 0 Å². The Morgan fingerprint density at radius 1 is 0.688 bits per heavy atom. The first-order valence-electron chi connectivity index (χ1n) is 5.94. The smallest absolute Gasteiger partial charge is 0.0509 e. The van der Waals surface area contributed by atoms with Crippen LogP contribution in [0, 0.1) is 5.41 Å². The number of hydrogen-bond acceptors (Lipinski definition) is 4. The van der Waals surface area contributed by atoms with E-state index in [1.165, 1.54) is 32.1 Å². The molecule has 0 spiro atoms. The standard InChI is InChI=1S/C6H12O2.C4H8.2CH4O/c7-4-6(5-8)2-1-3-6;1-2-4-3-1;2*1-2/h7-8H,1-5H2;1-4H2;2*2H,1H3. The predicted molar refractivity (Wildman–Crippen MR) is 65.2 cm³/mol. The minimum Gasteiger partial charge on any atom is -0.400 e. The molecular weight excluding hydrogens is 208 g/mol. The molecule has 0 aromatic heterocycles. The Morgan fingerprint density at radius 2 is 1.00 bits per heavy atom. The molecule has 2 aliphatic rings. The Bertz CT molecular complexity index is 103. The summed E-state index contributed by atoms with van der Waals surface area (Å²) < 4.78 is 0. The SMILES string of the molecule is C1CCC1.CO.CO.OCC1(CO)CCC1. The summed E-state index contributed by atoms with van der Waals surface area (Å²) in [5.74, 6) is 0. The molecule has 0 bridgehead atoms. The van der Waals surface area contributed by atoms with Gasteiger partial charge in [0, 0.05) is 19.6 Å². The van der Waals surface area contributed by atoms with Crippen molar-refractivity contribution in [3.05, 3.63) is 0 Å². The zero-order valence-electron chi connectivity index (χ0n) is 10.7. The molecule has 16 heavy (non-hydrogen) atoms. The molecule has 0 heterocycles. The fourth-order valence-electron chi connectivity index (χ4n) is 1.29. The molecule has 0 atom stereocenters. The van der Waals surface area contributed by atoms with Gasteiger partial charge in [-0.05, 0) is 12.8 Å². The molecule has 2 saturated carbocycles. The van der Waals surface area contributed by atoms with Gasteiger partial charge >= 0.3 is 0 Å². The Kier molecular flexibility index (Phi) is 14.7. The molecule has 4 heteroatoms. The van der Waals surface area contributed by atoms with Gasteiger partial charge < -0.3 is 20.4 Å². The van der Waals surface area contributed by atoms with Crippen molar-refractivity contribution in [1.82, 2.24) is 0 Å². The topological polar surface area (TPSA) is 80.9 Å². The molecule has 2 rings (SSSR count). The third-order valence-corrected chi connectivity index (χ3v) is 3.09. The van der Waals surface area contributed by atoms with Gasteiger partial charge in [-0.25, -0.2) is 0 Å². The second-order valence-electron chi connectivity index (χ2n) is 4.08. The predicted octanol–water partition coefficient (Wildman–Crippen LogP) is 0.919. The highest BCUT2D eigenvalue weighted by Crippen LogP contribution is 2.39. The van der Waals surface area contributed by atoms with Crippen molar-refractivity contribution in [3.63, 3.8) is 0 Å². The summed E-state index contributed by atoms with van der Waals surface area (Å²) in [6.07, 6.45) is 9.17. The Hall–Kier alpha value is -0.160. The van der Waals surface area contributed by atoms with Crippen molar-refractivity contribution >= 4 is 0 Å². The monoisotopic (exact) mass is 236 g/mol. The van der Waals surface area contributed by atoms with Crippen LogP contribution in [-0.4, -0.2) is 47.9 Å². The quantitative estimate of drug-likeness (QED) is 0.575. The molecule has 100 valence electrons. The molecule has 4 N–H and O–H groups in total. The van der Waals surface area contributed by atoms with Crippen molar-refractivity contribution in [3.8, 4) is 0 Å². The van der Waals surface area contributed by atoms with Crippen LogP contribution in [0.2, 0.25) is 0 Å². The third-order valence-electron chi connectivity index (χ3n) is 3.09. The molecule has 2 fully saturated rings. The van der Waals surface area contributed by atoms with Crippen LogP contribution in [0.4, 0.5) is 0 Å². The highest BCUT2D eigenvalue weighted by Gasteiger charge is 2.35. The first-order valence-corrected chi connectivity index (χ1v) is 5.94. The summed E-state index contributed by atoms with van der Waals surface area (Å²) in [5.41, 5.74) is -0.0833. The van der Waals surface area contributed by atoms with Crippen molar-refractivity contribution in [1.29, 1.82) is 0 Å². The second-order valence-corrected chi connectivity index (χ2v) is 4.08. The highest BCUT2D eigenvalue weighted by atomic mass is 16.3. The second kappa shape index (κ2) is 12.9. The van der Waals surface area contributed by atoms with Gasteiger partial charge in [0.1, 0.15) is 0 Å². The van der Waals surface area contributed by atoms with Crippen molar-refractivity contribution in [2.75, 3.05) is 27.4 Å². The molecule has 0 saturated heterocycles. The average molecular weight is 236 g/mol. The minimum atomic E-state index is -0.0833. The lowest BCUT2D eigenvalue weighted by molar-refractivity contribution is -0.00908. The largest absolute Gasteiger partial charge is 0.400 e. The number of aliphatic hydroxyl groups excluding tert-OH is 4.